The van der Waals surface area contributed by atoms with Crippen LogP contribution in [0.1, 0.15) is 99.1 Å². The fraction of sp³-hybridized carbons (Fsp3) is 0.542. The number of alkyl carbamates (subject to hydrolysis) is 2. The molecule has 2 aliphatic carbocycles. The summed E-state index contributed by atoms with van der Waals surface area (Å²) >= 11 is 0. The minimum absolute atomic E-state index is 0.0332. The lowest BCUT2D eigenvalue weighted by Gasteiger charge is -2.34. The zero-order chi connectivity index (χ0) is 44.0. The van der Waals surface area contributed by atoms with Crippen molar-refractivity contribution in [2.45, 2.75) is 88.4 Å². The molecule has 4 amide bonds. The quantitative estimate of drug-likeness (QED) is 0.150. The second-order valence-corrected chi connectivity index (χ2v) is 18.9. The predicted octanol–water partition coefficient (Wildman–Crippen LogP) is 5.76. The summed E-state index contributed by atoms with van der Waals surface area (Å²) in [7, 11) is 2.64. The summed E-state index contributed by atoms with van der Waals surface area (Å²) < 4.78 is 21.0. The Morgan fingerprint density at radius 2 is 1.23 bits per heavy atom. The van der Waals surface area contributed by atoms with Crippen LogP contribution in [0.4, 0.5) is 9.59 Å². The molecule has 2 aromatic heterocycles. The maximum atomic E-state index is 14.3. The molecular formula is C48H56N8O8. The molecule has 4 atom stereocenters. The normalized spacial score (nSPS) is 23.3. The van der Waals surface area contributed by atoms with Gasteiger partial charge in [-0.25, -0.2) is 19.6 Å². The monoisotopic (exact) mass is 872 g/mol. The van der Waals surface area contributed by atoms with Crippen molar-refractivity contribution in [1.29, 1.82) is 0 Å². The molecule has 2 saturated carbocycles. The first-order valence-electron chi connectivity index (χ1n) is 22.7. The zero-order valence-electron chi connectivity index (χ0n) is 36.5. The molecular weight excluding hydrogens is 817 g/mol. The van der Waals surface area contributed by atoms with E-state index >= 15 is 0 Å². The summed E-state index contributed by atoms with van der Waals surface area (Å²) in [5.74, 6) is 7.84. The van der Waals surface area contributed by atoms with Crippen molar-refractivity contribution in [2.24, 2.45) is 22.7 Å². The smallest absolute Gasteiger partial charge is 0.407 e. The highest BCUT2D eigenvalue weighted by molar-refractivity contribution is 5.88. The fourth-order valence-electron chi connectivity index (χ4n) is 10.5. The van der Waals surface area contributed by atoms with Crippen molar-refractivity contribution in [2.75, 3.05) is 53.7 Å². The van der Waals surface area contributed by atoms with Crippen LogP contribution in [0.3, 0.4) is 0 Å². The highest BCUT2D eigenvalue weighted by Crippen LogP contribution is 2.59. The molecule has 0 radical (unpaired) electrons. The van der Waals surface area contributed by atoms with Crippen molar-refractivity contribution in [1.82, 2.24) is 40.4 Å². The van der Waals surface area contributed by atoms with Gasteiger partial charge >= 0.3 is 12.2 Å². The SMILES string of the molecule is COC(=O)N[C@H](C(=O)N1CC2(CC2)C[C@H]1c1ncc(-c2ccc(C#Cc3ccc4nc([C@@H]5CC6(CC6)CN5C(=O)[C@@H](NC(=O)OC)C5CCOCC5)[nH]c4c3)cc2)[nH]1)C1CCOCC1. The molecule has 10 rings (SSSR count). The van der Waals surface area contributed by atoms with Crippen LogP contribution in [-0.2, 0) is 28.5 Å². The number of hydrogen-bond donors (Lipinski definition) is 4. The number of amides is 4. The Morgan fingerprint density at radius 1 is 0.719 bits per heavy atom. The predicted molar refractivity (Wildman–Crippen MR) is 233 cm³/mol. The van der Waals surface area contributed by atoms with Crippen LogP contribution in [0, 0.1) is 34.5 Å². The van der Waals surface area contributed by atoms with Crippen LogP contribution in [0.15, 0.2) is 48.7 Å². The number of nitrogens with zero attached hydrogens (tertiary/aromatic N) is 4. The van der Waals surface area contributed by atoms with Gasteiger partial charge < -0.3 is 49.3 Å². The average Bonchev–Trinajstić information content (AvgIpc) is 3.94. The maximum absolute atomic E-state index is 14.3. The van der Waals surface area contributed by atoms with E-state index in [1.807, 2.05) is 58.5 Å². The van der Waals surface area contributed by atoms with Gasteiger partial charge in [0.15, 0.2) is 0 Å². The van der Waals surface area contributed by atoms with Gasteiger partial charge in [-0.1, -0.05) is 24.0 Å². The Balaban J connectivity index is 0.827. The van der Waals surface area contributed by atoms with Crippen molar-refractivity contribution >= 4 is 35.0 Å². The molecule has 4 saturated heterocycles. The van der Waals surface area contributed by atoms with Crippen LogP contribution < -0.4 is 10.6 Å². The summed E-state index contributed by atoms with van der Waals surface area (Å²) in [5, 5.41) is 5.71. The summed E-state index contributed by atoms with van der Waals surface area (Å²) in [4.78, 5) is 74.1. The van der Waals surface area contributed by atoms with Gasteiger partial charge in [0.1, 0.15) is 23.7 Å². The minimum Gasteiger partial charge on any atom is -0.453 e. The van der Waals surface area contributed by atoms with E-state index in [9.17, 15) is 19.2 Å². The number of fused-ring (bicyclic) bond motifs is 1. The Morgan fingerprint density at radius 3 is 1.77 bits per heavy atom. The molecule has 4 aliphatic heterocycles. The number of rotatable bonds is 9. The second-order valence-electron chi connectivity index (χ2n) is 18.9. The van der Waals surface area contributed by atoms with E-state index in [4.69, 9.17) is 28.9 Å². The minimum atomic E-state index is -0.695. The summed E-state index contributed by atoms with van der Waals surface area (Å²) in [5.41, 5.74) is 5.32. The van der Waals surface area contributed by atoms with E-state index in [0.717, 1.165) is 83.6 Å². The third-order valence-corrected chi connectivity index (χ3v) is 14.7. The molecule has 336 valence electrons. The number of benzene rings is 2. The number of nitrogens with one attached hydrogen (secondary N) is 4. The van der Waals surface area contributed by atoms with E-state index in [0.29, 0.717) is 65.2 Å². The van der Waals surface area contributed by atoms with Crippen LogP contribution in [0.2, 0.25) is 0 Å². The Kier molecular flexibility index (Phi) is 11.3. The molecule has 0 unspecified atom stereocenters. The molecule has 0 bridgehead atoms. The van der Waals surface area contributed by atoms with E-state index in [2.05, 4.69) is 32.4 Å². The number of carbonyl (C=O) groups is 4. The average molecular weight is 873 g/mol. The van der Waals surface area contributed by atoms with Crippen molar-refractivity contribution in [3.63, 3.8) is 0 Å². The number of ether oxygens (including phenoxy) is 4. The molecule has 6 aliphatic rings. The standard InChI is InChI=1S/C48H56N8O8/c1-61-45(59)53-39(32-11-19-63-20-12-32)43(57)55-27-47(15-16-47)24-37(55)41-49-26-36(52-41)31-8-5-29(6-9-31)3-4-30-7-10-34-35(23-30)51-42(50-34)38-25-48(17-18-48)28-56(38)44(58)40(54-46(60)62-2)33-13-21-64-22-14-33/h5-10,23,26,32-33,37-40H,11-22,24-25,27-28H2,1-2H3,(H,49,52)(H,50,51)(H,53,59)(H,54,60)/t37-,38-,39-,40-/m0/s1. The van der Waals surface area contributed by atoms with Gasteiger partial charge in [0, 0.05) is 50.6 Å². The number of carbonyl (C=O) groups excluding carboxylic acids is 4. The van der Waals surface area contributed by atoms with Gasteiger partial charge in [-0.2, -0.15) is 0 Å². The van der Waals surface area contributed by atoms with Gasteiger partial charge in [-0.05, 0) is 123 Å². The van der Waals surface area contributed by atoms with E-state index < -0.39 is 24.3 Å². The van der Waals surface area contributed by atoms with Crippen molar-refractivity contribution in [3.8, 4) is 23.1 Å². The van der Waals surface area contributed by atoms with E-state index in [1.165, 1.54) is 14.2 Å². The fourth-order valence-corrected chi connectivity index (χ4v) is 10.5. The molecule has 4 aromatic rings. The first-order valence-corrected chi connectivity index (χ1v) is 22.7. The third-order valence-electron chi connectivity index (χ3n) is 14.7. The number of H-pyrrole nitrogens is 2. The highest BCUT2D eigenvalue weighted by atomic mass is 16.5. The molecule has 16 heteroatoms. The Labute approximate surface area is 371 Å². The first-order chi connectivity index (χ1) is 31.1. The van der Waals surface area contributed by atoms with E-state index in [1.54, 1.807) is 0 Å². The molecule has 4 N–H and O–H groups in total. The lowest BCUT2D eigenvalue weighted by atomic mass is 9.90. The lowest BCUT2D eigenvalue weighted by molar-refractivity contribution is -0.137. The third kappa shape index (κ3) is 8.55. The largest absolute Gasteiger partial charge is 0.453 e. The van der Waals surface area contributed by atoms with Crippen LogP contribution in [-0.4, -0.2) is 120 Å². The van der Waals surface area contributed by atoms with Crippen molar-refractivity contribution in [3.05, 3.63) is 71.4 Å². The van der Waals surface area contributed by atoms with E-state index in [-0.39, 0.29) is 46.6 Å². The molecule has 6 heterocycles. The number of likely N-dealkylation sites (tertiary alicyclic amines) is 2. The summed E-state index contributed by atoms with van der Waals surface area (Å²) in [6, 6.07) is 12.1. The number of aromatic nitrogens is 4. The van der Waals surface area contributed by atoms with Gasteiger partial charge in [0.05, 0.1) is 49.2 Å². The highest BCUT2D eigenvalue weighted by Gasteiger charge is 2.57. The van der Waals surface area contributed by atoms with Crippen LogP contribution >= 0.6 is 0 Å². The Bertz CT molecular complexity index is 2470. The maximum Gasteiger partial charge on any atom is 0.407 e. The summed E-state index contributed by atoms with van der Waals surface area (Å²) in [6.07, 6.45) is 9.32. The lowest BCUT2D eigenvalue weighted by Crippen LogP contribution is -2.53. The molecule has 2 spiro atoms. The second kappa shape index (κ2) is 17.2. The molecule has 16 nitrogen and oxygen atoms in total. The number of imidazole rings is 2. The Hall–Kier alpha value is -5.92. The molecule has 2 aromatic carbocycles. The number of methoxy groups -OCH3 is 2. The molecule has 6 fully saturated rings. The number of aromatic amines is 2. The number of hydrogen-bond acceptors (Lipinski definition) is 10. The van der Waals surface area contributed by atoms with Crippen LogP contribution in [0.5, 0.6) is 0 Å². The summed E-state index contributed by atoms with van der Waals surface area (Å²) in [6.45, 7) is 3.52. The topological polar surface area (TPSA) is 193 Å². The molecule has 64 heavy (non-hydrogen) atoms. The zero-order valence-corrected chi connectivity index (χ0v) is 36.5. The van der Waals surface area contributed by atoms with Gasteiger partial charge in [-0.3, -0.25) is 9.59 Å². The first kappa shape index (κ1) is 42.1. The van der Waals surface area contributed by atoms with Crippen LogP contribution in [0.25, 0.3) is 22.3 Å². The van der Waals surface area contributed by atoms with Gasteiger partial charge in [0.25, 0.3) is 0 Å². The van der Waals surface area contributed by atoms with Crippen molar-refractivity contribution < 1.29 is 38.1 Å². The van der Waals surface area contributed by atoms with Gasteiger partial charge in [0.2, 0.25) is 11.8 Å². The van der Waals surface area contributed by atoms with Gasteiger partial charge in [-0.15, -0.1) is 0 Å².